The van der Waals surface area contributed by atoms with Crippen LogP contribution in [0.2, 0.25) is 0 Å². The maximum atomic E-state index is 12.6. The van der Waals surface area contributed by atoms with E-state index in [2.05, 4.69) is 5.32 Å². The van der Waals surface area contributed by atoms with Gasteiger partial charge in [0.05, 0.1) is 10.5 Å². The molecule has 1 amide bonds. The minimum Gasteiger partial charge on any atom is -0.391 e. The summed E-state index contributed by atoms with van der Waals surface area (Å²) in [6.45, 7) is 0. The van der Waals surface area contributed by atoms with Gasteiger partial charge in [-0.2, -0.15) is 0 Å². The number of amides is 1. The highest BCUT2D eigenvalue weighted by Crippen LogP contribution is 2.30. The second-order valence-electron chi connectivity index (χ2n) is 6.54. The number of rotatable bonds is 3. The summed E-state index contributed by atoms with van der Waals surface area (Å²) in [5.74, 6) is 0.366. The Morgan fingerprint density at radius 2 is 1.45 bits per heavy atom. The molecule has 2 saturated carbocycles. The Bertz CT molecular complexity index is 342. The van der Waals surface area contributed by atoms with Crippen LogP contribution in [0.5, 0.6) is 0 Å². The summed E-state index contributed by atoms with van der Waals surface area (Å²) in [4.78, 5) is 13.1. The third-order valence-corrected chi connectivity index (χ3v) is 5.41. The molecular weight excluding hydrogens is 268 g/mol. The third-order valence-electron chi connectivity index (χ3n) is 5.02. The van der Waals surface area contributed by atoms with Crippen LogP contribution in [-0.2, 0) is 4.79 Å². The average Bonchev–Trinajstić information content (AvgIpc) is 2.39. The zero-order chi connectivity index (χ0) is 14.4. The van der Waals surface area contributed by atoms with E-state index in [1.165, 1.54) is 38.5 Å². The Morgan fingerprint density at radius 3 is 2.00 bits per heavy atom. The van der Waals surface area contributed by atoms with Gasteiger partial charge >= 0.3 is 0 Å². The van der Waals surface area contributed by atoms with Crippen molar-refractivity contribution in [1.29, 1.82) is 0 Å². The van der Waals surface area contributed by atoms with E-state index < -0.39 is 5.54 Å². The Balaban J connectivity index is 1.98. The smallest absolute Gasteiger partial charge is 0.223 e. The number of carbonyl (C=O) groups is 1. The largest absolute Gasteiger partial charge is 0.391 e. The first kappa shape index (κ1) is 15.7. The summed E-state index contributed by atoms with van der Waals surface area (Å²) < 4.78 is 0. The van der Waals surface area contributed by atoms with Gasteiger partial charge in [0.25, 0.3) is 0 Å². The lowest BCUT2D eigenvalue weighted by Gasteiger charge is -2.38. The molecule has 3 N–H and O–H groups in total. The second kappa shape index (κ2) is 7.39. The van der Waals surface area contributed by atoms with Crippen LogP contribution >= 0.6 is 12.2 Å². The Morgan fingerprint density at radius 1 is 0.950 bits per heavy atom. The molecule has 0 bridgehead atoms. The van der Waals surface area contributed by atoms with Gasteiger partial charge in [-0.3, -0.25) is 4.79 Å². The highest BCUT2D eigenvalue weighted by molar-refractivity contribution is 7.80. The lowest BCUT2D eigenvalue weighted by atomic mass is 9.80. The molecule has 0 unspecified atom stereocenters. The van der Waals surface area contributed by atoms with E-state index in [0.29, 0.717) is 4.99 Å². The van der Waals surface area contributed by atoms with E-state index in [1.54, 1.807) is 0 Å². The Kier molecular flexibility index (Phi) is 5.82. The fraction of sp³-hybridized carbons (Fsp3) is 0.875. The SMILES string of the molecule is NC(=S)C1(NC(=O)C2CCCCCCC2)CCCCC1. The van der Waals surface area contributed by atoms with E-state index >= 15 is 0 Å². The molecule has 0 radical (unpaired) electrons. The van der Waals surface area contributed by atoms with Crippen molar-refractivity contribution in [3.8, 4) is 0 Å². The minimum atomic E-state index is -0.396. The molecule has 0 aromatic carbocycles. The lowest BCUT2D eigenvalue weighted by Crippen LogP contribution is -2.58. The van der Waals surface area contributed by atoms with E-state index in [9.17, 15) is 4.79 Å². The van der Waals surface area contributed by atoms with Crippen LogP contribution in [0.3, 0.4) is 0 Å². The summed E-state index contributed by atoms with van der Waals surface area (Å²) in [6.07, 6.45) is 13.6. The first-order chi connectivity index (χ1) is 9.64. The fourth-order valence-corrected chi connectivity index (χ4v) is 3.90. The van der Waals surface area contributed by atoms with Gasteiger partial charge in [0.2, 0.25) is 5.91 Å². The van der Waals surface area contributed by atoms with E-state index in [-0.39, 0.29) is 11.8 Å². The molecule has 20 heavy (non-hydrogen) atoms. The quantitative estimate of drug-likeness (QED) is 0.784. The fourth-order valence-electron chi connectivity index (χ4n) is 3.64. The topological polar surface area (TPSA) is 55.1 Å². The monoisotopic (exact) mass is 296 g/mol. The van der Waals surface area contributed by atoms with Crippen molar-refractivity contribution < 1.29 is 4.79 Å². The van der Waals surface area contributed by atoms with Crippen molar-refractivity contribution in [1.82, 2.24) is 5.32 Å². The first-order valence-corrected chi connectivity index (χ1v) is 8.67. The van der Waals surface area contributed by atoms with Gasteiger partial charge in [-0.25, -0.2) is 0 Å². The zero-order valence-electron chi connectivity index (χ0n) is 12.5. The standard InChI is InChI=1S/C16H28N2OS/c17-15(20)16(11-7-4-8-12-16)18-14(19)13-9-5-2-1-3-6-10-13/h13H,1-12H2,(H2,17,20)(H,18,19). The van der Waals surface area contributed by atoms with Gasteiger partial charge in [-0.15, -0.1) is 0 Å². The van der Waals surface area contributed by atoms with Gasteiger partial charge < -0.3 is 11.1 Å². The summed E-state index contributed by atoms with van der Waals surface area (Å²) in [5.41, 5.74) is 5.56. The summed E-state index contributed by atoms with van der Waals surface area (Å²) in [5, 5.41) is 3.24. The second-order valence-corrected chi connectivity index (χ2v) is 6.98. The molecule has 0 aromatic heterocycles. The Hall–Kier alpha value is -0.640. The number of nitrogens with two attached hydrogens (primary N) is 1. The average molecular weight is 296 g/mol. The van der Waals surface area contributed by atoms with Gasteiger partial charge in [0.1, 0.15) is 0 Å². The van der Waals surface area contributed by atoms with Crippen molar-refractivity contribution in [2.75, 3.05) is 0 Å². The molecule has 4 heteroatoms. The van der Waals surface area contributed by atoms with Crippen LogP contribution in [-0.4, -0.2) is 16.4 Å². The molecule has 2 aliphatic carbocycles. The van der Waals surface area contributed by atoms with Crippen molar-refractivity contribution in [3.63, 3.8) is 0 Å². The molecule has 0 atom stereocenters. The van der Waals surface area contributed by atoms with Crippen LogP contribution in [0.25, 0.3) is 0 Å². The number of hydrogen-bond donors (Lipinski definition) is 2. The predicted octanol–water partition coefficient (Wildman–Crippen LogP) is 3.45. The molecule has 2 fully saturated rings. The van der Waals surface area contributed by atoms with E-state index in [4.69, 9.17) is 18.0 Å². The van der Waals surface area contributed by atoms with Gasteiger partial charge in [-0.05, 0) is 25.7 Å². The van der Waals surface area contributed by atoms with Crippen molar-refractivity contribution >= 4 is 23.1 Å². The van der Waals surface area contributed by atoms with Crippen molar-refractivity contribution in [2.45, 2.75) is 82.6 Å². The third kappa shape index (κ3) is 3.94. The number of carbonyl (C=O) groups excluding carboxylic acids is 1. The van der Waals surface area contributed by atoms with Crippen LogP contribution < -0.4 is 11.1 Å². The molecule has 0 aromatic rings. The van der Waals surface area contributed by atoms with Crippen LogP contribution in [0.1, 0.15) is 77.0 Å². The molecule has 2 rings (SSSR count). The Labute approximate surface area is 128 Å². The first-order valence-electron chi connectivity index (χ1n) is 8.26. The summed E-state index contributed by atoms with van der Waals surface area (Å²) in [6, 6.07) is 0. The normalized spacial score (nSPS) is 24.4. The molecule has 3 nitrogen and oxygen atoms in total. The minimum absolute atomic E-state index is 0.170. The lowest BCUT2D eigenvalue weighted by molar-refractivity contribution is -0.127. The van der Waals surface area contributed by atoms with Crippen LogP contribution in [0.4, 0.5) is 0 Å². The summed E-state index contributed by atoms with van der Waals surface area (Å²) >= 11 is 5.26. The number of thiocarbonyl (C=S) groups is 1. The molecular formula is C16H28N2OS. The molecule has 2 aliphatic rings. The molecule has 114 valence electrons. The van der Waals surface area contributed by atoms with Gasteiger partial charge in [-0.1, -0.05) is 63.6 Å². The van der Waals surface area contributed by atoms with Gasteiger partial charge in [0, 0.05) is 5.92 Å². The van der Waals surface area contributed by atoms with Gasteiger partial charge in [0.15, 0.2) is 0 Å². The van der Waals surface area contributed by atoms with E-state index in [1.807, 2.05) is 0 Å². The highest BCUT2D eigenvalue weighted by Gasteiger charge is 2.37. The van der Waals surface area contributed by atoms with Crippen molar-refractivity contribution in [2.24, 2.45) is 11.7 Å². The molecule has 0 saturated heterocycles. The molecule has 0 heterocycles. The molecule has 0 aliphatic heterocycles. The van der Waals surface area contributed by atoms with Crippen LogP contribution in [0.15, 0.2) is 0 Å². The number of nitrogens with one attached hydrogen (secondary N) is 1. The predicted molar refractivity (Wildman–Crippen MR) is 86.6 cm³/mol. The maximum Gasteiger partial charge on any atom is 0.223 e. The molecule has 0 spiro atoms. The highest BCUT2D eigenvalue weighted by atomic mass is 32.1. The van der Waals surface area contributed by atoms with Crippen molar-refractivity contribution in [3.05, 3.63) is 0 Å². The van der Waals surface area contributed by atoms with E-state index in [0.717, 1.165) is 38.5 Å². The maximum absolute atomic E-state index is 12.6. The van der Waals surface area contributed by atoms with Crippen LogP contribution in [0, 0.1) is 5.92 Å². The summed E-state index contributed by atoms with van der Waals surface area (Å²) in [7, 11) is 0. The zero-order valence-corrected chi connectivity index (χ0v) is 13.3. The number of hydrogen-bond acceptors (Lipinski definition) is 2.